The zero-order valence-corrected chi connectivity index (χ0v) is 11.3. The highest BCUT2D eigenvalue weighted by molar-refractivity contribution is 5.95. The normalized spacial score (nSPS) is 21.8. The number of ether oxygens (including phenoxy) is 2. The summed E-state index contributed by atoms with van der Waals surface area (Å²) in [6.45, 7) is 0.370. The number of nitrogens with zero attached hydrogens (tertiary/aromatic N) is 2. The van der Waals surface area contributed by atoms with Crippen LogP contribution in [0.5, 0.6) is 0 Å². The fourth-order valence-electron chi connectivity index (χ4n) is 2.33. The van der Waals surface area contributed by atoms with Crippen LogP contribution in [-0.2, 0) is 14.3 Å². The van der Waals surface area contributed by atoms with E-state index >= 15 is 0 Å². The second-order valence-electron chi connectivity index (χ2n) is 4.47. The molecule has 0 radical (unpaired) electrons. The first-order valence-electron chi connectivity index (χ1n) is 6.14. The summed E-state index contributed by atoms with van der Waals surface area (Å²) in [5, 5.41) is 9.30. The molecule has 1 aliphatic rings. The Morgan fingerprint density at radius 1 is 1.45 bits per heavy atom. The zero-order chi connectivity index (χ0) is 14.7. The standard InChI is InChI=1S/C13H16N2O5/c1-19-8-6-10(12(16)17)15(7-8)11-9(13(18)20-2)4-3-5-14-11/h3-5,8,10H,6-7H2,1-2H3,(H,16,17). The van der Waals surface area contributed by atoms with Gasteiger partial charge in [-0.25, -0.2) is 14.6 Å². The van der Waals surface area contributed by atoms with Crippen molar-refractivity contribution in [1.82, 2.24) is 4.98 Å². The lowest BCUT2D eigenvalue weighted by Gasteiger charge is -2.23. The summed E-state index contributed by atoms with van der Waals surface area (Å²) in [6, 6.07) is 2.40. The minimum atomic E-state index is -0.967. The molecule has 20 heavy (non-hydrogen) atoms. The van der Waals surface area contributed by atoms with Crippen molar-refractivity contribution in [2.24, 2.45) is 0 Å². The Balaban J connectivity index is 2.39. The van der Waals surface area contributed by atoms with Crippen LogP contribution in [-0.4, -0.2) is 54.9 Å². The van der Waals surface area contributed by atoms with Crippen LogP contribution in [0.3, 0.4) is 0 Å². The fraction of sp³-hybridized carbons (Fsp3) is 0.462. The summed E-state index contributed by atoms with van der Waals surface area (Å²) >= 11 is 0. The van der Waals surface area contributed by atoms with Gasteiger partial charge in [-0.15, -0.1) is 0 Å². The van der Waals surface area contributed by atoms with E-state index in [1.165, 1.54) is 20.4 Å². The summed E-state index contributed by atoms with van der Waals surface area (Å²) in [4.78, 5) is 28.8. The molecule has 1 N–H and O–H groups in total. The molecule has 2 rings (SSSR count). The van der Waals surface area contributed by atoms with Crippen LogP contribution in [0.25, 0.3) is 0 Å². The average Bonchev–Trinajstić information content (AvgIpc) is 2.90. The van der Waals surface area contributed by atoms with Crippen LogP contribution in [0.15, 0.2) is 18.3 Å². The van der Waals surface area contributed by atoms with E-state index in [4.69, 9.17) is 9.47 Å². The Hall–Kier alpha value is -2.15. The predicted octanol–water partition coefficient (Wildman–Crippen LogP) is 0.546. The second kappa shape index (κ2) is 5.87. The minimum absolute atomic E-state index is 0.205. The third-order valence-electron chi connectivity index (χ3n) is 3.35. The minimum Gasteiger partial charge on any atom is -0.480 e. The number of anilines is 1. The molecule has 1 aromatic rings. The summed E-state index contributed by atoms with van der Waals surface area (Å²) < 4.78 is 9.92. The molecular weight excluding hydrogens is 264 g/mol. The van der Waals surface area contributed by atoms with Gasteiger partial charge in [-0.3, -0.25) is 0 Å². The Morgan fingerprint density at radius 2 is 2.20 bits per heavy atom. The van der Waals surface area contributed by atoms with Crippen molar-refractivity contribution < 1.29 is 24.2 Å². The lowest BCUT2D eigenvalue weighted by Crippen LogP contribution is -2.37. The first kappa shape index (κ1) is 14.3. The molecule has 0 bridgehead atoms. The number of pyridine rings is 1. The van der Waals surface area contributed by atoms with Crippen LogP contribution in [0, 0.1) is 0 Å². The van der Waals surface area contributed by atoms with Crippen LogP contribution >= 0.6 is 0 Å². The van der Waals surface area contributed by atoms with Crippen molar-refractivity contribution >= 4 is 17.8 Å². The molecule has 2 atom stereocenters. The van der Waals surface area contributed by atoms with Gasteiger partial charge in [0.25, 0.3) is 0 Å². The van der Waals surface area contributed by atoms with Crippen molar-refractivity contribution in [3.63, 3.8) is 0 Å². The molecule has 0 saturated carbocycles. The van der Waals surface area contributed by atoms with Gasteiger partial charge < -0.3 is 19.5 Å². The highest BCUT2D eigenvalue weighted by Gasteiger charge is 2.39. The van der Waals surface area contributed by atoms with Crippen LogP contribution in [0.4, 0.5) is 5.82 Å². The molecule has 2 heterocycles. The Morgan fingerprint density at radius 3 is 2.80 bits per heavy atom. The molecule has 1 fully saturated rings. The average molecular weight is 280 g/mol. The largest absolute Gasteiger partial charge is 0.480 e. The molecule has 1 aromatic heterocycles. The quantitative estimate of drug-likeness (QED) is 0.805. The number of aliphatic carboxylic acids is 1. The molecule has 7 heteroatoms. The number of aromatic nitrogens is 1. The monoisotopic (exact) mass is 280 g/mol. The first-order chi connectivity index (χ1) is 9.58. The molecule has 0 aromatic carbocycles. The van der Waals surface area contributed by atoms with Crippen molar-refractivity contribution in [1.29, 1.82) is 0 Å². The maximum absolute atomic E-state index is 11.8. The highest BCUT2D eigenvalue weighted by atomic mass is 16.5. The maximum Gasteiger partial charge on any atom is 0.341 e. The predicted molar refractivity (Wildman–Crippen MR) is 69.8 cm³/mol. The van der Waals surface area contributed by atoms with Crippen molar-refractivity contribution in [3.8, 4) is 0 Å². The molecule has 2 unspecified atom stereocenters. The van der Waals surface area contributed by atoms with Gasteiger partial charge in [-0.2, -0.15) is 0 Å². The SMILES string of the molecule is COC(=O)c1cccnc1N1CC(OC)CC1C(=O)O. The molecule has 1 aliphatic heterocycles. The van der Waals surface area contributed by atoms with Gasteiger partial charge in [0, 0.05) is 26.3 Å². The topological polar surface area (TPSA) is 89.0 Å². The van der Waals surface area contributed by atoms with E-state index < -0.39 is 18.0 Å². The van der Waals surface area contributed by atoms with E-state index in [9.17, 15) is 14.7 Å². The number of hydrogen-bond donors (Lipinski definition) is 1. The summed E-state index contributed by atoms with van der Waals surface area (Å²) in [7, 11) is 2.81. The number of carboxylic acids is 1. The van der Waals surface area contributed by atoms with E-state index in [-0.39, 0.29) is 11.7 Å². The number of rotatable bonds is 4. The number of methoxy groups -OCH3 is 2. The van der Waals surface area contributed by atoms with Crippen LogP contribution in [0.2, 0.25) is 0 Å². The number of carboxylic acid groups (broad SMARTS) is 1. The second-order valence-corrected chi connectivity index (χ2v) is 4.47. The zero-order valence-electron chi connectivity index (χ0n) is 11.3. The Bertz CT molecular complexity index is 519. The molecule has 108 valence electrons. The van der Waals surface area contributed by atoms with E-state index in [0.717, 1.165) is 0 Å². The first-order valence-corrected chi connectivity index (χ1v) is 6.14. The lowest BCUT2D eigenvalue weighted by molar-refractivity contribution is -0.138. The number of hydrogen-bond acceptors (Lipinski definition) is 6. The van der Waals surface area contributed by atoms with Crippen molar-refractivity contribution in [2.45, 2.75) is 18.6 Å². The molecule has 0 amide bonds. The third kappa shape index (κ3) is 2.57. The molecule has 7 nitrogen and oxygen atoms in total. The van der Waals surface area contributed by atoms with Crippen LogP contribution in [0.1, 0.15) is 16.8 Å². The van der Waals surface area contributed by atoms with Crippen molar-refractivity contribution in [2.75, 3.05) is 25.7 Å². The Kier molecular flexibility index (Phi) is 4.19. The van der Waals surface area contributed by atoms with Crippen molar-refractivity contribution in [3.05, 3.63) is 23.9 Å². The maximum atomic E-state index is 11.8. The fourth-order valence-corrected chi connectivity index (χ4v) is 2.33. The van der Waals surface area contributed by atoms with Gasteiger partial charge in [0.05, 0.1) is 13.2 Å². The molecule has 1 saturated heterocycles. The smallest absolute Gasteiger partial charge is 0.341 e. The Labute approximate surface area is 116 Å². The van der Waals surface area contributed by atoms with E-state index in [0.29, 0.717) is 18.8 Å². The lowest BCUT2D eigenvalue weighted by atomic mass is 10.2. The third-order valence-corrected chi connectivity index (χ3v) is 3.35. The van der Waals surface area contributed by atoms with E-state index in [2.05, 4.69) is 4.98 Å². The summed E-state index contributed by atoms with van der Waals surface area (Å²) in [6.07, 6.45) is 1.66. The summed E-state index contributed by atoms with van der Waals surface area (Å²) in [5.74, 6) is -1.20. The van der Waals surface area contributed by atoms with Gasteiger partial charge in [0.15, 0.2) is 0 Å². The van der Waals surface area contributed by atoms with Gasteiger partial charge in [0.2, 0.25) is 0 Å². The van der Waals surface area contributed by atoms with Gasteiger partial charge in [-0.1, -0.05) is 0 Å². The molecule has 0 aliphatic carbocycles. The number of esters is 1. The van der Waals surface area contributed by atoms with Crippen LogP contribution < -0.4 is 4.90 Å². The van der Waals surface area contributed by atoms with Gasteiger partial charge in [-0.05, 0) is 12.1 Å². The highest BCUT2D eigenvalue weighted by Crippen LogP contribution is 2.28. The number of carbonyl (C=O) groups excluding carboxylic acids is 1. The number of carbonyl (C=O) groups is 2. The summed E-state index contributed by atoms with van der Waals surface area (Å²) in [5.41, 5.74) is 0.248. The van der Waals surface area contributed by atoms with E-state index in [1.54, 1.807) is 17.0 Å². The van der Waals surface area contributed by atoms with Gasteiger partial charge in [0.1, 0.15) is 17.4 Å². The molecular formula is C13H16N2O5. The van der Waals surface area contributed by atoms with Gasteiger partial charge >= 0.3 is 11.9 Å². The van der Waals surface area contributed by atoms with E-state index in [1.807, 2.05) is 0 Å². The molecule has 0 spiro atoms.